The Balaban J connectivity index is 2.61. The highest BCUT2D eigenvalue weighted by molar-refractivity contribution is 5.97. The van der Waals surface area contributed by atoms with E-state index < -0.39 is 5.91 Å². The van der Waals surface area contributed by atoms with Gasteiger partial charge in [0.2, 0.25) is 0 Å². The van der Waals surface area contributed by atoms with Gasteiger partial charge in [-0.05, 0) is 30.3 Å². The van der Waals surface area contributed by atoms with Crippen molar-refractivity contribution in [2.24, 2.45) is 5.73 Å². The van der Waals surface area contributed by atoms with E-state index in [9.17, 15) is 4.79 Å². The molecule has 0 aliphatic heterocycles. The average Bonchev–Trinajstić information content (AvgIpc) is 2.70. The number of rotatable bonds is 2. The lowest BCUT2D eigenvalue weighted by Crippen LogP contribution is -2.14. The Kier molecular flexibility index (Phi) is 2.17. The molecule has 0 saturated heterocycles. The van der Waals surface area contributed by atoms with Gasteiger partial charge in [0.1, 0.15) is 0 Å². The topological polar surface area (TPSA) is 74.0 Å². The Morgan fingerprint density at radius 2 is 1.87 bits per heavy atom. The molecule has 0 unspecified atom stereocenters. The summed E-state index contributed by atoms with van der Waals surface area (Å²) >= 11 is 0. The van der Waals surface area contributed by atoms with Crippen molar-refractivity contribution in [3.8, 4) is 5.69 Å². The molecule has 0 spiro atoms. The molecular formula is C11H11N3O. The molecule has 0 aliphatic rings. The number of nitrogens with two attached hydrogens (primary N) is 2. The minimum absolute atomic E-state index is 0.422. The van der Waals surface area contributed by atoms with E-state index in [1.54, 1.807) is 18.2 Å². The van der Waals surface area contributed by atoms with Crippen molar-refractivity contribution in [1.29, 1.82) is 0 Å². The normalized spacial score (nSPS) is 10.1. The number of nitrogen functional groups attached to an aromatic ring is 1. The summed E-state index contributed by atoms with van der Waals surface area (Å²) in [6.07, 6.45) is 3.69. The van der Waals surface area contributed by atoms with Crippen molar-refractivity contribution in [1.82, 2.24) is 4.57 Å². The Bertz CT molecular complexity index is 489. The van der Waals surface area contributed by atoms with Crippen LogP contribution in [0.2, 0.25) is 0 Å². The van der Waals surface area contributed by atoms with Crippen molar-refractivity contribution in [2.45, 2.75) is 0 Å². The summed E-state index contributed by atoms with van der Waals surface area (Å²) in [6.45, 7) is 0. The van der Waals surface area contributed by atoms with E-state index >= 15 is 0 Å². The molecule has 4 N–H and O–H groups in total. The van der Waals surface area contributed by atoms with Gasteiger partial charge in [-0.1, -0.05) is 0 Å². The first-order valence-corrected chi connectivity index (χ1v) is 4.51. The molecule has 2 rings (SSSR count). The van der Waals surface area contributed by atoms with E-state index in [2.05, 4.69) is 0 Å². The second-order valence-corrected chi connectivity index (χ2v) is 3.23. The van der Waals surface area contributed by atoms with Crippen molar-refractivity contribution in [3.05, 3.63) is 48.3 Å². The summed E-state index contributed by atoms with van der Waals surface area (Å²) in [5.41, 5.74) is 12.6. The molecule has 15 heavy (non-hydrogen) atoms. The third kappa shape index (κ3) is 1.69. The summed E-state index contributed by atoms with van der Waals surface area (Å²) in [4.78, 5) is 11.2. The summed E-state index contributed by atoms with van der Waals surface area (Å²) in [5, 5.41) is 0. The minimum Gasteiger partial charge on any atom is -0.399 e. The molecule has 0 fully saturated rings. The van der Waals surface area contributed by atoms with Crippen molar-refractivity contribution in [3.63, 3.8) is 0 Å². The molecule has 0 atom stereocenters. The van der Waals surface area contributed by atoms with Crippen LogP contribution in [0.15, 0.2) is 42.7 Å². The zero-order chi connectivity index (χ0) is 10.8. The maximum atomic E-state index is 11.2. The monoisotopic (exact) mass is 201 g/mol. The van der Waals surface area contributed by atoms with Gasteiger partial charge in [0.25, 0.3) is 5.91 Å². The highest BCUT2D eigenvalue weighted by Crippen LogP contribution is 2.17. The molecular weight excluding hydrogens is 190 g/mol. The van der Waals surface area contributed by atoms with Gasteiger partial charge in [0, 0.05) is 18.1 Å². The van der Waals surface area contributed by atoms with Gasteiger partial charge in [-0.3, -0.25) is 4.79 Å². The van der Waals surface area contributed by atoms with Gasteiger partial charge < -0.3 is 16.0 Å². The zero-order valence-corrected chi connectivity index (χ0v) is 8.05. The Morgan fingerprint density at radius 1 is 1.20 bits per heavy atom. The molecule has 0 saturated carbocycles. The fraction of sp³-hybridized carbons (Fsp3) is 0. The number of primary amides is 1. The number of carbonyl (C=O) groups excluding carboxylic acids is 1. The van der Waals surface area contributed by atoms with Crippen LogP contribution in [0.25, 0.3) is 5.69 Å². The Morgan fingerprint density at radius 3 is 2.47 bits per heavy atom. The first kappa shape index (κ1) is 9.33. The highest BCUT2D eigenvalue weighted by atomic mass is 16.1. The van der Waals surface area contributed by atoms with Gasteiger partial charge >= 0.3 is 0 Å². The lowest BCUT2D eigenvalue weighted by molar-refractivity contribution is 0.100. The number of carbonyl (C=O) groups is 1. The number of nitrogens with zero attached hydrogens (tertiary/aromatic N) is 1. The number of hydrogen-bond acceptors (Lipinski definition) is 2. The van der Waals surface area contributed by atoms with Crippen molar-refractivity contribution >= 4 is 11.6 Å². The SMILES string of the molecule is NC(=O)c1cc(N)ccc1-n1cccc1. The molecule has 2 aromatic rings. The third-order valence-corrected chi connectivity index (χ3v) is 2.17. The fourth-order valence-electron chi connectivity index (χ4n) is 1.47. The number of benzene rings is 1. The standard InChI is InChI=1S/C11H11N3O/c12-8-3-4-10(9(7-8)11(13)15)14-5-1-2-6-14/h1-7H,12H2,(H2,13,15). The van der Waals surface area contributed by atoms with Gasteiger partial charge in [0.15, 0.2) is 0 Å². The van der Waals surface area contributed by atoms with Crippen LogP contribution < -0.4 is 11.5 Å². The van der Waals surface area contributed by atoms with Gasteiger partial charge in [0.05, 0.1) is 11.3 Å². The summed E-state index contributed by atoms with van der Waals surface area (Å²) in [6, 6.07) is 8.84. The van der Waals surface area contributed by atoms with Crippen LogP contribution in [0.4, 0.5) is 5.69 Å². The van der Waals surface area contributed by atoms with Gasteiger partial charge in [-0.15, -0.1) is 0 Å². The lowest BCUT2D eigenvalue weighted by atomic mass is 10.1. The average molecular weight is 201 g/mol. The van der Waals surface area contributed by atoms with E-state index in [1.165, 1.54) is 0 Å². The number of anilines is 1. The molecule has 0 radical (unpaired) electrons. The van der Waals surface area contributed by atoms with E-state index in [1.807, 2.05) is 29.1 Å². The Labute approximate surface area is 87.1 Å². The second kappa shape index (κ2) is 3.49. The first-order valence-electron chi connectivity index (χ1n) is 4.51. The molecule has 1 aromatic heterocycles. The summed E-state index contributed by atoms with van der Waals surface area (Å²) in [5.74, 6) is -0.481. The van der Waals surface area contributed by atoms with Gasteiger partial charge in [-0.25, -0.2) is 0 Å². The third-order valence-electron chi connectivity index (χ3n) is 2.17. The van der Waals surface area contributed by atoms with Gasteiger partial charge in [-0.2, -0.15) is 0 Å². The summed E-state index contributed by atoms with van der Waals surface area (Å²) < 4.78 is 1.82. The van der Waals surface area contributed by atoms with E-state index in [-0.39, 0.29) is 0 Å². The number of hydrogen-bond donors (Lipinski definition) is 2. The molecule has 0 aliphatic carbocycles. The quantitative estimate of drug-likeness (QED) is 0.715. The van der Waals surface area contributed by atoms with Crippen LogP contribution in [0, 0.1) is 0 Å². The maximum absolute atomic E-state index is 11.2. The van der Waals surface area contributed by atoms with E-state index in [0.717, 1.165) is 5.69 Å². The molecule has 0 bridgehead atoms. The van der Waals surface area contributed by atoms with Crippen LogP contribution >= 0.6 is 0 Å². The predicted octanol–water partition coefficient (Wildman–Crippen LogP) is 1.16. The molecule has 76 valence electrons. The van der Waals surface area contributed by atoms with E-state index in [0.29, 0.717) is 11.3 Å². The molecule has 4 heteroatoms. The van der Waals surface area contributed by atoms with Crippen LogP contribution in [0.3, 0.4) is 0 Å². The predicted molar refractivity (Wildman–Crippen MR) is 58.7 cm³/mol. The molecule has 4 nitrogen and oxygen atoms in total. The fourth-order valence-corrected chi connectivity index (χ4v) is 1.47. The van der Waals surface area contributed by atoms with Crippen LogP contribution in [-0.2, 0) is 0 Å². The van der Waals surface area contributed by atoms with E-state index in [4.69, 9.17) is 11.5 Å². The second-order valence-electron chi connectivity index (χ2n) is 3.23. The lowest BCUT2D eigenvalue weighted by Gasteiger charge is -2.08. The summed E-state index contributed by atoms with van der Waals surface area (Å²) in [7, 11) is 0. The molecule has 1 heterocycles. The number of amides is 1. The number of aromatic nitrogens is 1. The molecule has 1 aromatic carbocycles. The Hall–Kier alpha value is -2.23. The van der Waals surface area contributed by atoms with Crippen LogP contribution in [0.5, 0.6) is 0 Å². The zero-order valence-electron chi connectivity index (χ0n) is 8.05. The van der Waals surface area contributed by atoms with Crippen molar-refractivity contribution < 1.29 is 4.79 Å². The van der Waals surface area contributed by atoms with Crippen molar-refractivity contribution in [2.75, 3.05) is 5.73 Å². The highest BCUT2D eigenvalue weighted by Gasteiger charge is 2.09. The minimum atomic E-state index is -0.481. The first-order chi connectivity index (χ1) is 7.18. The largest absolute Gasteiger partial charge is 0.399 e. The van der Waals surface area contributed by atoms with Crippen LogP contribution in [-0.4, -0.2) is 10.5 Å². The maximum Gasteiger partial charge on any atom is 0.250 e. The smallest absolute Gasteiger partial charge is 0.250 e. The van der Waals surface area contributed by atoms with Crippen LogP contribution in [0.1, 0.15) is 10.4 Å². The molecule has 1 amide bonds.